The van der Waals surface area contributed by atoms with Crippen LogP contribution in [0.15, 0.2) is 48.7 Å². The Morgan fingerprint density at radius 1 is 1.14 bits per heavy atom. The summed E-state index contributed by atoms with van der Waals surface area (Å²) in [5.74, 6) is 1.04. The Bertz CT molecular complexity index is 537. The van der Waals surface area contributed by atoms with Crippen LogP contribution in [0.4, 0.5) is 11.5 Å². The van der Waals surface area contributed by atoms with Gasteiger partial charge in [-0.05, 0) is 43.5 Å². The molecule has 0 radical (unpaired) electrons. The second kappa shape index (κ2) is 7.79. The SMILES string of the molecule is CCCCN(c1ccccc1)c1ncccc1CC(C)N. The molecular formula is C18H25N3. The zero-order valence-electron chi connectivity index (χ0n) is 13.0. The van der Waals surface area contributed by atoms with Crippen LogP contribution >= 0.6 is 0 Å². The molecule has 0 saturated carbocycles. The monoisotopic (exact) mass is 283 g/mol. The van der Waals surface area contributed by atoms with E-state index in [2.05, 4.69) is 47.1 Å². The van der Waals surface area contributed by atoms with Crippen LogP contribution in [0, 0.1) is 0 Å². The number of pyridine rings is 1. The highest BCUT2D eigenvalue weighted by Crippen LogP contribution is 2.27. The molecule has 0 fully saturated rings. The van der Waals surface area contributed by atoms with E-state index in [1.165, 1.54) is 17.7 Å². The summed E-state index contributed by atoms with van der Waals surface area (Å²) in [6.07, 6.45) is 5.02. The fraction of sp³-hybridized carbons (Fsp3) is 0.389. The van der Waals surface area contributed by atoms with E-state index in [1.807, 2.05) is 25.3 Å². The number of anilines is 2. The molecule has 0 bridgehead atoms. The maximum atomic E-state index is 5.99. The normalized spacial score (nSPS) is 12.1. The molecule has 3 heteroatoms. The molecule has 0 aliphatic rings. The van der Waals surface area contributed by atoms with Gasteiger partial charge >= 0.3 is 0 Å². The number of para-hydroxylation sites is 1. The van der Waals surface area contributed by atoms with E-state index in [1.54, 1.807) is 0 Å². The minimum absolute atomic E-state index is 0.136. The Kier molecular flexibility index (Phi) is 5.76. The quantitative estimate of drug-likeness (QED) is 0.837. The summed E-state index contributed by atoms with van der Waals surface area (Å²) in [6, 6.07) is 14.7. The molecule has 0 spiro atoms. The van der Waals surface area contributed by atoms with Crippen molar-refractivity contribution in [1.29, 1.82) is 0 Å². The summed E-state index contributed by atoms with van der Waals surface area (Å²) < 4.78 is 0. The van der Waals surface area contributed by atoms with Crippen molar-refractivity contribution in [2.75, 3.05) is 11.4 Å². The van der Waals surface area contributed by atoms with Crippen LogP contribution in [0.1, 0.15) is 32.3 Å². The molecule has 3 nitrogen and oxygen atoms in total. The predicted molar refractivity (Wildman–Crippen MR) is 89.9 cm³/mol. The van der Waals surface area contributed by atoms with Crippen LogP contribution in [0.3, 0.4) is 0 Å². The van der Waals surface area contributed by atoms with E-state index >= 15 is 0 Å². The molecule has 1 aromatic heterocycles. The highest BCUT2D eigenvalue weighted by atomic mass is 15.2. The number of rotatable bonds is 7. The van der Waals surface area contributed by atoms with Gasteiger partial charge in [0.1, 0.15) is 5.82 Å². The largest absolute Gasteiger partial charge is 0.328 e. The third kappa shape index (κ3) is 4.30. The third-order valence-corrected chi connectivity index (χ3v) is 3.47. The van der Waals surface area contributed by atoms with Gasteiger partial charge in [0.15, 0.2) is 0 Å². The van der Waals surface area contributed by atoms with Crippen molar-refractivity contribution < 1.29 is 0 Å². The fourth-order valence-corrected chi connectivity index (χ4v) is 2.46. The number of hydrogen-bond acceptors (Lipinski definition) is 3. The number of nitrogens with two attached hydrogens (primary N) is 1. The Morgan fingerprint density at radius 2 is 1.90 bits per heavy atom. The number of benzene rings is 1. The second-order valence-corrected chi connectivity index (χ2v) is 5.51. The van der Waals surface area contributed by atoms with Crippen LogP contribution in [0.5, 0.6) is 0 Å². The van der Waals surface area contributed by atoms with Crippen LogP contribution in [0.25, 0.3) is 0 Å². The van der Waals surface area contributed by atoms with E-state index in [0.29, 0.717) is 0 Å². The molecule has 2 rings (SSSR count). The fourth-order valence-electron chi connectivity index (χ4n) is 2.46. The number of hydrogen-bond donors (Lipinski definition) is 1. The van der Waals surface area contributed by atoms with Gasteiger partial charge < -0.3 is 10.6 Å². The van der Waals surface area contributed by atoms with Gasteiger partial charge in [0.2, 0.25) is 0 Å². The molecule has 1 unspecified atom stereocenters. The second-order valence-electron chi connectivity index (χ2n) is 5.51. The molecule has 21 heavy (non-hydrogen) atoms. The van der Waals surface area contributed by atoms with Gasteiger partial charge in [-0.25, -0.2) is 4.98 Å². The number of unbranched alkanes of at least 4 members (excludes halogenated alkanes) is 1. The van der Waals surface area contributed by atoms with Crippen molar-refractivity contribution in [2.24, 2.45) is 5.73 Å². The lowest BCUT2D eigenvalue weighted by Gasteiger charge is -2.26. The minimum atomic E-state index is 0.136. The van der Waals surface area contributed by atoms with E-state index in [-0.39, 0.29) is 6.04 Å². The lowest BCUT2D eigenvalue weighted by molar-refractivity contribution is 0.726. The minimum Gasteiger partial charge on any atom is -0.328 e. The zero-order chi connectivity index (χ0) is 15.1. The number of aromatic nitrogens is 1. The molecular weight excluding hydrogens is 258 g/mol. The Balaban J connectivity index is 2.37. The van der Waals surface area contributed by atoms with Gasteiger partial charge in [0.05, 0.1) is 0 Å². The molecule has 1 heterocycles. The van der Waals surface area contributed by atoms with Crippen molar-refractivity contribution in [3.8, 4) is 0 Å². The smallest absolute Gasteiger partial charge is 0.136 e. The molecule has 0 aliphatic carbocycles. The van der Waals surface area contributed by atoms with Gasteiger partial charge in [-0.1, -0.05) is 37.6 Å². The highest BCUT2D eigenvalue weighted by Gasteiger charge is 2.14. The first-order valence-electron chi connectivity index (χ1n) is 7.74. The van der Waals surface area contributed by atoms with Crippen molar-refractivity contribution in [3.05, 3.63) is 54.2 Å². The lowest BCUT2D eigenvalue weighted by Crippen LogP contribution is -2.24. The Hall–Kier alpha value is -1.87. The van der Waals surface area contributed by atoms with Crippen molar-refractivity contribution >= 4 is 11.5 Å². The summed E-state index contributed by atoms with van der Waals surface area (Å²) in [6.45, 7) is 5.23. The molecule has 2 N–H and O–H groups in total. The predicted octanol–water partition coefficient (Wildman–Crippen LogP) is 3.91. The van der Waals surface area contributed by atoms with Crippen LogP contribution < -0.4 is 10.6 Å². The van der Waals surface area contributed by atoms with Gasteiger partial charge in [-0.2, -0.15) is 0 Å². The Morgan fingerprint density at radius 3 is 2.57 bits per heavy atom. The summed E-state index contributed by atoms with van der Waals surface area (Å²) in [7, 11) is 0. The molecule has 2 aromatic rings. The first-order valence-corrected chi connectivity index (χ1v) is 7.74. The van der Waals surface area contributed by atoms with Crippen molar-refractivity contribution in [1.82, 2.24) is 4.98 Å². The third-order valence-electron chi connectivity index (χ3n) is 3.47. The summed E-state index contributed by atoms with van der Waals surface area (Å²) in [5.41, 5.74) is 8.39. The van der Waals surface area contributed by atoms with Crippen molar-refractivity contribution in [3.63, 3.8) is 0 Å². The van der Waals surface area contributed by atoms with Gasteiger partial charge in [-0.15, -0.1) is 0 Å². The van der Waals surface area contributed by atoms with Crippen LogP contribution in [-0.4, -0.2) is 17.6 Å². The van der Waals surface area contributed by atoms with Crippen molar-refractivity contribution in [2.45, 2.75) is 39.2 Å². The van der Waals surface area contributed by atoms with E-state index in [4.69, 9.17) is 5.73 Å². The zero-order valence-corrected chi connectivity index (χ0v) is 13.0. The van der Waals surface area contributed by atoms with Gasteiger partial charge in [0.25, 0.3) is 0 Å². The standard InChI is InChI=1S/C18H25N3/c1-3-4-13-21(17-10-6-5-7-11-17)18-16(14-15(2)19)9-8-12-20-18/h5-12,15H,3-4,13-14,19H2,1-2H3. The molecule has 112 valence electrons. The maximum Gasteiger partial charge on any atom is 0.136 e. The topological polar surface area (TPSA) is 42.2 Å². The molecule has 1 atom stereocenters. The molecule has 1 aromatic carbocycles. The average molecular weight is 283 g/mol. The number of nitrogens with zero attached hydrogens (tertiary/aromatic N) is 2. The van der Waals surface area contributed by atoms with Crippen LogP contribution in [-0.2, 0) is 6.42 Å². The molecule has 0 amide bonds. The average Bonchev–Trinajstić information content (AvgIpc) is 2.50. The Labute approximate surface area is 127 Å². The first-order chi connectivity index (χ1) is 10.2. The van der Waals surface area contributed by atoms with E-state index in [0.717, 1.165) is 25.2 Å². The molecule has 0 aliphatic heterocycles. The van der Waals surface area contributed by atoms with Crippen LogP contribution in [0.2, 0.25) is 0 Å². The first kappa shape index (κ1) is 15.5. The molecule has 0 saturated heterocycles. The lowest BCUT2D eigenvalue weighted by atomic mass is 10.1. The summed E-state index contributed by atoms with van der Waals surface area (Å²) >= 11 is 0. The summed E-state index contributed by atoms with van der Waals surface area (Å²) in [5, 5.41) is 0. The highest BCUT2D eigenvalue weighted by molar-refractivity contribution is 5.62. The van der Waals surface area contributed by atoms with E-state index < -0.39 is 0 Å². The van der Waals surface area contributed by atoms with Gasteiger partial charge in [-0.3, -0.25) is 0 Å². The van der Waals surface area contributed by atoms with Gasteiger partial charge in [0, 0.05) is 24.5 Å². The van der Waals surface area contributed by atoms with E-state index in [9.17, 15) is 0 Å². The summed E-state index contributed by atoms with van der Waals surface area (Å²) in [4.78, 5) is 6.94. The maximum absolute atomic E-state index is 5.99.